The van der Waals surface area contributed by atoms with Crippen LogP contribution in [0.5, 0.6) is 0 Å². The van der Waals surface area contributed by atoms with E-state index in [0.29, 0.717) is 0 Å². The van der Waals surface area contributed by atoms with E-state index in [1.165, 1.54) is 80.2 Å². The number of para-hydroxylation sites is 2. The van der Waals surface area contributed by atoms with Crippen molar-refractivity contribution < 1.29 is 4.42 Å². The van der Waals surface area contributed by atoms with Gasteiger partial charge >= 0.3 is 0 Å². The SMILES string of the molecule is c1ccc(-n2c3cc(-c4cccc5c4sc4ccccc45)cc(-c4ccc5c(c4)oc4ccccc45)c3c3c4ccccc4c4ccccc4c32)cc1. The molecule has 9 aromatic carbocycles. The molecule has 3 aromatic heterocycles. The molecule has 12 rings (SSSR count). The molecule has 0 saturated carbocycles. The van der Waals surface area contributed by atoms with Crippen molar-refractivity contribution in [3.63, 3.8) is 0 Å². The van der Waals surface area contributed by atoms with Gasteiger partial charge in [-0.3, -0.25) is 0 Å². The van der Waals surface area contributed by atoms with Crippen LogP contribution in [0.4, 0.5) is 0 Å². The Hall–Kier alpha value is -6.68. The van der Waals surface area contributed by atoms with Crippen LogP contribution < -0.4 is 0 Å². The zero-order chi connectivity index (χ0) is 34.6. The Kier molecular flexibility index (Phi) is 5.96. The van der Waals surface area contributed by atoms with Gasteiger partial charge in [-0.05, 0) is 86.9 Å². The van der Waals surface area contributed by atoms with E-state index in [2.05, 4.69) is 174 Å². The maximum Gasteiger partial charge on any atom is 0.136 e. The molecule has 0 N–H and O–H groups in total. The van der Waals surface area contributed by atoms with E-state index in [1.54, 1.807) is 0 Å². The highest BCUT2D eigenvalue weighted by Gasteiger charge is 2.24. The molecule has 0 aliphatic rings. The average Bonchev–Trinajstić information content (AvgIpc) is 3.90. The summed E-state index contributed by atoms with van der Waals surface area (Å²) in [5, 5.41) is 12.4. The Bertz CT molecular complexity index is 3450. The van der Waals surface area contributed by atoms with E-state index in [4.69, 9.17) is 4.42 Å². The van der Waals surface area contributed by atoms with Crippen molar-refractivity contribution in [3.05, 3.63) is 176 Å². The molecule has 0 unspecified atom stereocenters. The lowest BCUT2D eigenvalue weighted by atomic mass is 9.91. The third kappa shape index (κ3) is 4.08. The minimum absolute atomic E-state index is 0.899. The van der Waals surface area contributed by atoms with E-state index in [1.807, 2.05) is 17.4 Å². The van der Waals surface area contributed by atoms with Crippen LogP contribution in [-0.2, 0) is 0 Å². The summed E-state index contributed by atoms with van der Waals surface area (Å²) in [5.41, 5.74) is 10.1. The summed E-state index contributed by atoms with van der Waals surface area (Å²) in [4.78, 5) is 0. The number of rotatable bonds is 3. The lowest BCUT2D eigenvalue weighted by Crippen LogP contribution is -1.95. The van der Waals surface area contributed by atoms with Crippen molar-refractivity contribution in [2.24, 2.45) is 0 Å². The first-order valence-electron chi connectivity index (χ1n) is 18.1. The minimum Gasteiger partial charge on any atom is -0.456 e. The van der Waals surface area contributed by atoms with Crippen molar-refractivity contribution >= 4 is 96.8 Å². The topological polar surface area (TPSA) is 18.1 Å². The molecule has 0 atom stereocenters. The maximum absolute atomic E-state index is 6.52. The summed E-state index contributed by atoms with van der Waals surface area (Å²) in [5.74, 6) is 0. The van der Waals surface area contributed by atoms with E-state index >= 15 is 0 Å². The fourth-order valence-corrected chi connectivity index (χ4v) is 10.1. The second-order valence-corrected chi connectivity index (χ2v) is 15.0. The summed E-state index contributed by atoms with van der Waals surface area (Å²) in [6, 6.07) is 64.3. The van der Waals surface area contributed by atoms with Gasteiger partial charge in [0.15, 0.2) is 0 Å². The van der Waals surface area contributed by atoms with Crippen LogP contribution in [0.1, 0.15) is 0 Å². The van der Waals surface area contributed by atoms with Gasteiger partial charge in [-0.1, -0.05) is 127 Å². The van der Waals surface area contributed by atoms with E-state index < -0.39 is 0 Å². The lowest BCUT2D eigenvalue weighted by Gasteiger charge is -2.13. The number of hydrogen-bond donors (Lipinski definition) is 0. The monoisotopic (exact) mass is 691 g/mol. The molecule has 0 aliphatic carbocycles. The van der Waals surface area contributed by atoms with Gasteiger partial charge in [-0.2, -0.15) is 0 Å². The quantitative estimate of drug-likeness (QED) is 0.169. The normalized spacial score (nSPS) is 12.2. The second kappa shape index (κ2) is 10.9. The van der Waals surface area contributed by atoms with Crippen LogP contribution in [0, 0.1) is 0 Å². The Balaban J connectivity index is 1.31. The Morgan fingerprint density at radius 1 is 0.396 bits per heavy atom. The zero-order valence-electron chi connectivity index (χ0n) is 28.5. The third-order valence-corrected chi connectivity index (χ3v) is 12.4. The largest absolute Gasteiger partial charge is 0.456 e. The van der Waals surface area contributed by atoms with Crippen molar-refractivity contribution in [1.29, 1.82) is 0 Å². The first-order chi connectivity index (χ1) is 26.3. The van der Waals surface area contributed by atoms with E-state index in [9.17, 15) is 0 Å². The van der Waals surface area contributed by atoms with E-state index in [0.717, 1.165) is 33.2 Å². The molecule has 0 radical (unpaired) electrons. The predicted molar refractivity (Wildman–Crippen MR) is 227 cm³/mol. The van der Waals surface area contributed by atoms with E-state index in [-0.39, 0.29) is 0 Å². The molecular weight excluding hydrogens is 663 g/mol. The second-order valence-electron chi connectivity index (χ2n) is 14.0. The standard InChI is InChI=1S/C50H29NOS/c1-2-13-32(14-3-1)51-43-28-31(33-21-12-22-41-38-18-9-11-24-46(38)53-50(33)41)27-42(30-25-26-37-36-17-8-10-23-44(36)52-45(37)29-30)47(43)48-39-19-6-4-15-34(39)35-16-5-7-20-40(35)49(48)51/h1-29H. The Morgan fingerprint density at radius 3 is 1.91 bits per heavy atom. The summed E-state index contributed by atoms with van der Waals surface area (Å²) in [6.07, 6.45) is 0. The highest BCUT2D eigenvalue weighted by Crippen LogP contribution is 2.49. The van der Waals surface area contributed by atoms with Crippen molar-refractivity contribution in [1.82, 2.24) is 4.57 Å². The Morgan fingerprint density at radius 2 is 1.06 bits per heavy atom. The number of aromatic nitrogens is 1. The molecule has 0 bridgehead atoms. The van der Waals surface area contributed by atoms with Crippen molar-refractivity contribution in [2.75, 3.05) is 0 Å². The van der Waals surface area contributed by atoms with Gasteiger partial charge in [0.05, 0.1) is 11.0 Å². The number of nitrogens with zero attached hydrogens (tertiary/aromatic N) is 1. The van der Waals surface area contributed by atoms with Gasteiger partial charge in [-0.15, -0.1) is 11.3 Å². The van der Waals surface area contributed by atoms with Crippen LogP contribution in [0.3, 0.4) is 0 Å². The van der Waals surface area contributed by atoms with Gasteiger partial charge < -0.3 is 8.98 Å². The number of furan rings is 1. The first-order valence-corrected chi connectivity index (χ1v) is 18.9. The molecule has 0 fully saturated rings. The number of fused-ring (bicyclic) bond motifs is 14. The van der Waals surface area contributed by atoms with Gasteiger partial charge in [-0.25, -0.2) is 0 Å². The van der Waals surface area contributed by atoms with Gasteiger partial charge in [0.1, 0.15) is 11.2 Å². The fourth-order valence-electron chi connectivity index (χ4n) is 8.89. The highest BCUT2D eigenvalue weighted by atomic mass is 32.1. The van der Waals surface area contributed by atoms with Gasteiger partial charge in [0.25, 0.3) is 0 Å². The van der Waals surface area contributed by atoms with Gasteiger partial charge in [0.2, 0.25) is 0 Å². The smallest absolute Gasteiger partial charge is 0.136 e. The van der Waals surface area contributed by atoms with Gasteiger partial charge in [0, 0.05) is 52.8 Å². The highest BCUT2D eigenvalue weighted by molar-refractivity contribution is 7.26. The number of benzene rings is 9. The lowest BCUT2D eigenvalue weighted by molar-refractivity contribution is 0.669. The van der Waals surface area contributed by atoms with Crippen molar-refractivity contribution in [2.45, 2.75) is 0 Å². The molecule has 0 spiro atoms. The van der Waals surface area contributed by atoms with Crippen LogP contribution in [0.15, 0.2) is 180 Å². The van der Waals surface area contributed by atoms with Crippen molar-refractivity contribution in [3.8, 4) is 27.9 Å². The van der Waals surface area contributed by atoms with Crippen LogP contribution in [-0.4, -0.2) is 4.57 Å². The molecule has 53 heavy (non-hydrogen) atoms. The molecule has 3 heterocycles. The predicted octanol–water partition coefficient (Wildman–Crippen LogP) is 14.7. The molecule has 0 aliphatic heterocycles. The van der Waals surface area contributed by atoms with Crippen LogP contribution >= 0.6 is 11.3 Å². The first kappa shape index (κ1) is 29.0. The molecular formula is C50H29NOS. The summed E-state index contributed by atoms with van der Waals surface area (Å²) in [6.45, 7) is 0. The fraction of sp³-hybridized carbons (Fsp3) is 0. The van der Waals surface area contributed by atoms with Crippen LogP contribution in [0.25, 0.3) is 113 Å². The zero-order valence-corrected chi connectivity index (χ0v) is 29.3. The number of hydrogen-bond acceptors (Lipinski definition) is 2. The molecule has 0 saturated heterocycles. The number of thiophene rings is 1. The molecule has 12 aromatic rings. The Labute approximate surface area is 308 Å². The molecule has 246 valence electrons. The van der Waals surface area contributed by atoms with Crippen LogP contribution in [0.2, 0.25) is 0 Å². The third-order valence-electron chi connectivity index (χ3n) is 11.2. The summed E-state index contributed by atoms with van der Waals surface area (Å²) >= 11 is 1.88. The maximum atomic E-state index is 6.52. The molecule has 2 nitrogen and oxygen atoms in total. The summed E-state index contributed by atoms with van der Waals surface area (Å²) in [7, 11) is 0. The minimum atomic E-state index is 0.899. The summed E-state index contributed by atoms with van der Waals surface area (Å²) < 4.78 is 11.6. The molecule has 0 amide bonds. The molecule has 3 heteroatoms. The average molecular weight is 692 g/mol.